The molecular weight excluding hydrogens is 451 g/mol. The van der Waals surface area contributed by atoms with Gasteiger partial charge >= 0.3 is 6.18 Å². The lowest BCUT2D eigenvalue weighted by molar-refractivity contribution is -0.137. The van der Waals surface area contributed by atoms with Crippen molar-refractivity contribution in [3.8, 4) is 0 Å². The lowest BCUT2D eigenvalue weighted by atomic mass is 10.2. The number of rotatable bonds is 5. The Hall–Kier alpha value is -4.41. The summed E-state index contributed by atoms with van der Waals surface area (Å²) in [7, 11) is 0. The molecule has 0 aliphatic heterocycles. The molecule has 172 valence electrons. The van der Waals surface area contributed by atoms with Crippen LogP contribution in [-0.4, -0.2) is 25.0 Å². The number of halogens is 3. The number of benzene rings is 2. The Morgan fingerprint density at radius 1 is 1.06 bits per heavy atom. The SMILES string of the molecule is O=C(Cn1cnc2ccccc2c1=O)Nc1nc2cc(C(F)(F)F)ccc2n1Cc1ccco1. The summed E-state index contributed by atoms with van der Waals surface area (Å²) in [5.41, 5.74) is -0.302. The van der Waals surface area contributed by atoms with Crippen LogP contribution in [0.25, 0.3) is 21.9 Å². The molecule has 0 saturated heterocycles. The number of fused-ring (bicyclic) bond motifs is 2. The van der Waals surface area contributed by atoms with Crippen molar-refractivity contribution < 1.29 is 22.4 Å². The zero-order valence-corrected chi connectivity index (χ0v) is 17.4. The summed E-state index contributed by atoms with van der Waals surface area (Å²) in [6.07, 6.45) is -1.80. The molecular formula is C23H16F3N5O3. The summed E-state index contributed by atoms with van der Waals surface area (Å²) in [6.45, 7) is -0.226. The van der Waals surface area contributed by atoms with Crippen molar-refractivity contribution in [2.75, 3.05) is 5.32 Å². The summed E-state index contributed by atoms with van der Waals surface area (Å²) in [5, 5.41) is 2.96. The monoisotopic (exact) mass is 467 g/mol. The van der Waals surface area contributed by atoms with Gasteiger partial charge in [0.1, 0.15) is 12.3 Å². The number of furan rings is 1. The smallest absolute Gasteiger partial charge is 0.416 e. The van der Waals surface area contributed by atoms with Gasteiger partial charge in [-0.05, 0) is 42.5 Å². The number of nitrogens with zero attached hydrogens (tertiary/aromatic N) is 4. The second kappa shape index (κ2) is 8.18. The molecule has 34 heavy (non-hydrogen) atoms. The van der Waals surface area contributed by atoms with E-state index < -0.39 is 17.6 Å². The molecule has 2 aromatic carbocycles. The van der Waals surface area contributed by atoms with E-state index in [4.69, 9.17) is 4.42 Å². The van der Waals surface area contributed by atoms with Crippen LogP contribution in [-0.2, 0) is 24.1 Å². The van der Waals surface area contributed by atoms with E-state index in [1.54, 1.807) is 36.4 Å². The molecule has 0 aliphatic carbocycles. The van der Waals surface area contributed by atoms with Crippen molar-refractivity contribution in [3.63, 3.8) is 0 Å². The molecule has 0 spiro atoms. The number of amides is 1. The average Bonchev–Trinajstić information content (AvgIpc) is 3.43. The van der Waals surface area contributed by atoms with Gasteiger partial charge in [0.2, 0.25) is 11.9 Å². The van der Waals surface area contributed by atoms with E-state index in [1.807, 2.05) is 0 Å². The van der Waals surface area contributed by atoms with Crippen LogP contribution in [0.4, 0.5) is 19.1 Å². The Balaban J connectivity index is 1.49. The van der Waals surface area contributed by atoms with Gasteiger partial charge in [-0.15, -0.1) is 0 Å². The second-order valence-corrected chi connectivity index (χ2v) is 7.55. The molecule has 0 bridgehead atoms. The fourth-order valence-electron chi connectivity index (χ4n) is 3.66. The van der Waals surface area contributed by atoms with Crippen LogP contribution in [0.15, 0.2) is 76.4 Å². The van der Waals surface area contributed by atoms with Crippen molar-refractivity contribution in [1.82, 2.24) is 19.1 Å². The standard InChI is InChI=1S/C23H16F3N5O3/c24-23(25,26)14-7-8-19-18(10-14)28-22(31(19)11-15-4-3-9-34-15)29-20(32)12-30-13-27-17-6-2-1-5-16(17)21(30)33/h1-10,13H,11-12H2,(H,28,29,32). The number of carbonyl (C=O) groups is 1. The molecule has 1 N–H and O–H groups in total. The molecule has 0 unspecified atom stereocenters. The van der Waals surface area contributed by atoms with Crippen molar-refractivity contribution in [3.05, 3.63) is 88.9 Å². The van der Waals surface area contributed by atoms with E-state index in [9.17, 15) is 22.8 Å². The largest absolute Gasteiger partial charge is 0.467 e. The summed E-state index contributed by atoms with van der Waals surface area (Å²) in [4.78, 5) is 33.8. The fourth-order valence-corrected chi connectivity index (χ4v) is 3.66. The zero-order chi connectivity index (χ0) is 23.9. The predicted octanol–water partition coefficient (Wildman–Crippen LogP) is 4.05. The van der Waals surface area contributed by atoms with Crippen molar-refractivity contribution in [1.29, 1.82) is 0 Å². The first-order valence-electron chi connectivity index (χ1n) is 10.1. The number of carbonyl (C=O) groups excluding carboxylic acids is 1. The Morgan fingerprint density at radius 2 is 1.88 bits per heavy atom. The van der Waals surface area contributed by atoms with Gasteiger partial charge in [0, 0.05) is 0 Å². The number of anilines is 1. The van der Waals surface area contributed by atoms with Gasteiger partial charge in [-0.2, -0.15) is 13.2 Å². The third kappa shape index (κ3) is 4.03. The molecule has 11 heteroatoms. The maximum atomic E-state index is 13.2. The predicted molar refractivity (Wildman–Crippen MR) is 117 cm³/mol. The number of nitrogens with one attached hydrogen (secondary N) is 1. The molecule has 5 aromatic rings. The molecule has 5 rings (SSSR count). The first-order chi connectivity index (χ1) is 16.3. The summed E-state index contributed by atoms with van der Waals surface area (Å²) in [6, 6.07) is 13.3. The molecule has 0 radical (unpaired) electrons. The summed E-state index contributed by atoms with van der Waals surface area (Å²) in [5.74, 6) is -0.0478. The Labute approximate surface area is 189 Å². The maximum absolute atomic E-state index is 13.2. The molecule has 8 nitrogen and oxygen atoms in total. The lowest BCUT2D eigenvalue weighted by Crippen LogP contribution is -2.28. The highest BCUT2D eigenvalue weighted by molar-refractivity contribution is 5.91. The van der Waals surface area contributed by atoms with E-state index in [0.717, 1.165) is 16.7 Å². The van der Waals surface area contributed by atoms with E-state index >= 15 is 0 Å². The number of aromatic nitrogens is 4. The van der Waals surface area contributed by atoms with Crippen molar-refractivity contribution in [2.45, 2.75) is 19.3 Å². The average molecular weight is 467 g/mol. The van der Waals surface area contributed by atoms with E-state index in [-0.39, 0.29) is 30.1 Å². The number of imidazole rings is 1. The van der Waals surface area contributed by atoms with Crippen LogP contribution >= 0.6 is 0 Å². The van der Waals surface area contributed by atoms with Gasteiger partial charge in [-0.1, -0.05) is 12.1 Å². The fraction of sp³-hybridized carbons (Fsp3) is 0.130. The van der Waals surface area contributed by atoms with Crippen LogP contribution in [0.1, 0.15) is 11.3 Å². The topological polar surface area (TPSA) is 95.0 Å². The number of alkyl halides is 3. The number of hydrogen-bond acceptors (Lipinski definition) is 5. The Bertz CT molecular complexity index is 1570. The Kier molecular flexibility index (Phi) is 5.16. The third-order valence-corrected chi connectivity index (χ3v) is 5.27. The Morgan fingerprint density at radius 3 is 2.65 bits per heavy atom. The molecule has 1 amide bonds. The van der Waals surface area contributed by atoms with Gasteiger partial charge in [-0.25, -0.2) is 9.97 Å². The molecule has 0 fully saturated rings. The maximum Gasteiger partial charge on any atom is 0.416 e. The minimum atomic E-state index is -4.54. The van der Waals surface area contributed by atoms with Gasteiger partial charge in [0.05, 0.1) is 46.6 Å². The quantitative estimate of drug-likeness (QED) is 0.421. The number of hydrogen-bond donors (Lipinski definition) is 1. The summed E-state index contributed by atoms with van der Waals surface area (Å²) < 4.78 is 47.6. The van der Waals surface area contributed by atoms with Crippen LogP contribution in [0.2, 0.25) is 0 Å². The van der Waals surface area contributed by atoms with Crippen LogP contribution in [0.3, 0.4) is 0 Å². The van der Waals surface area contributed by atoms with Crippen LogP contribution in [0, 0.1) is 0 Å². The van der Waals surface area contributed by atoms with Crippen molar-refractivity contribution >= 4 is 33.8 Å². The molecule has 0 atom stereocenters. The highest BCUT2D eigenvalue weighted by Gasteiger charge is 2.31. The van der Waals surface area contributed by atoms with Crippen LogP contribution < -0.4 is 10.9 Å². The van der Waals surface area contributed by atoms with Gasteiger partial charge < -0.3 is 8.98 Å². The van der Waals surface area contributed by atoms with E-state index in [2.05, 4.69) is 15.3 Å². The molecule has 0 aliphatic rings. The highest BCUT2D eigenvalue weighted by Crippen LogP contribution is 2.32. The van der Waals surface area contributed by atoms with Gasteiger partial charge in [0.25, 0.3) is 5.56 Å². The highest BCUT2D eigenvalue weighted by atomic mass is 19.4. The molecule has 3 aromatic heterocycles. The summed E-state index contributed by atoms with van der Waals surface area (Å²) >= 11 is 0. The van der Waals surface area contributed by atoms with Crippen LogP contribution in [0.5, 0.6) is 0 Å². The van der Waals surface area contributed by atoms with E-state index in [1.165, 1.54) is 23.2 Å². The first-order valence-corrected chi connectivity index (χ1v) is 10.1. The second-order valence-electron chi connectivity index (χ2n) is 7.55. The molecule has 3 heterocycles. The minimum absolute atomic E-state index is 0.0255. The molecule has 0 saturated carbocycles. The first kappa shape index (κ1) is 21.4. The van der Waals surface area contributed by atoms with Gasteiger partial charge in [0.15, 0.2) is 0 Å². The van der Waals surface area contributed by atoms with Crippen molar-refractivity contribution in [2.24, 2.45) is 0 Å². The number of para-hydroxylation sites is 1. The van der Waals surface area contributed by atoms with E-state index in [0.29, 0.717) is 22.2 Å². The zero-order valence-electron chi connectivity index (χ0n) is 17.4. The third-order valence-electron chi connectivity index (χ3n) is 5.27. The van der Waals surface area contributed by atoms with Gasteiger partial charge in [-0.3, -0.25) is 19.5 Å². The minimum Gasteiger partial charge on any atom is -0.467 e. The lowest BCUT2D eigenvalue weighted by Gasteiger charge is -2.10. The normalized spacial score (nSPS) is 11.9.